The fraction of sp³-hybridized carbons (Fsp3) is 0.217. The van der Waals surface area contributed by atoms with Crippen LogP contribution in [0, 0.1) is 0 Å². The second-order valence-corrected chi connectivity index (χ2v) is 8.05. The number of ether oxygens (including phenoxy) is 1. The molecule has 0 saturated heterocycles. The van der Waals surface area contributed by atoms with E-state index in [-0.39, 0.29) is 34.8 Å². The van der Waals surface area contributed by atoms with Crippen molar-refractivity contribution in [3.05, 3.63) is 87.7 Å². The van der Waals surface area contributed by atoms with Gasteiger partial charge in [-0.25, -0.2) is 9.78 Å². The van der Waals surface area contributed by atoms with E-state index in [9.17, 15) is 15.0 Å². The van der Waals surface area contributed by atoms with E-state index in [0.29, 0.717) is 0 Å². The van der Waals surface area contributed by atoms with Gasteiger partial charge < -0.3 is 20.3 Å². The zero-order chi connectivity index (χ0) is 22.0. The molecule has 1 aromatic heterocycles. The molecular weight excluding hydrogens is 439 g/mol. The Bertz CT molecular complexity index is 1060. The molecule has 160 valence electrons. The lowest BCUT2D eigenvalue weighted by Crippen LogP contribution is -2.36. The third kappa shape index (κ3) is 4.52. The van der Waals surface area contributed by atoms with Crippen LogP contribution in [0.5, 0.6) is 0 Å². The first-order chi connectivity index (χ1) is 15.0. The van der Waals surface area contributed by atoms with Gasteiger partial charge >= 0.3 is 6.09 Å². The molecule has 1 heterocycles. The van der Waals surface area contributed by atoms with E-state index in [1.165, 1.54) is 12.3 Å². The van der Waals surface area contributed by atoms with Crippen LogP contribution in [0.25, 0.3) is 11.1 Å². The third-order valence-corrected chi connectivity index (χ3v) is 5.84. The average Bonchev–Trinajstić information content (AvgIpc) is 3.11. The summed E-state index contributed by atoms with van der Waals surface area (Å²) >= 11 is 11.8. The molecule has 0 aliphatic heterocycles. The van der Waals surface area contributed by atoms with Crippen LogP contribution in [0.3, 0.4) is 0 Å². The second kappa shape index (κ2) is 9.24. The summed E-state index contributed by atoms with van der Waals surface area (Å²) in [6.45, 7) is -0.0801. The molecule has 1 aliphatic rings. The van der Waals surface area contributed by atoms with Crippen LogP contribution < -0.4 is 5.32 Å². The largest absolute Gasteiger partial charge is 0.449 e. The molecule has 6 nitrogen and oxygen atoms in total. The highest BCUT2D eigenvalue weighted by atomic mass is 35.5. The number of aliphatic hydroxyl groups is 2. The van der Waals surface area contributed by atoms with Gasteiger partial charge in [0.15, 0.2) is 0 Å². The standard InChI is InChI=1S/C23H20Cl2N2O4/c24-13-9-18(22(25)26-10-13)21(29)20(28)11-27-23(30)31-12-19-16-7-3-1-5-14(16)15-6-2-4-8-17(15)19/h1-10,19-21,28-29H,11-12H2,(H,27,30). The summed E-state index contributed by atoms with van der Waals surface area (Å²) in [5.74, 6) is -0.0648. The van der Waals surface area contributed by atoms with E-state index in [1.807, 2.05) is 36.4 Å². The normalized spacial score (nSPS) is 14.5. The predicted molar refractivity (Wildman–Crippen MR) is 118 cm³/mol. The van der Waals surface area contributed by atoms with E-state index in [1.54, 1.807) is 0 Å². The summed E-state index contributed by atoms with van der Waals surface area (Å²) in [6, 6.07) is 17.5. The molecule has 0 spiro atoms. The van der Waals surface area contributed by atoms with Gasteiger partial charge in [-0.2, -0.15) is 0 Å². The molecule has 8 heteroatoms. The molecule has 31 heavy (non-hydrogen) atoms. The van der Waals surface area contributed by atoms with E-state index in [0.717, 1.165) is 22.3 Å². The Morgan fingerprint density at radius 1 is 1.06 bits per heavy atom. The number of carbonyl (C=O) groups excluding carboxylic acids is 1. The molecule has 3 aromatic rings. The Balaban J connectivity index is 1.35. The quantitative estimate of drug-likeness (QED) is 0.478. The summed E-state index contributed by atoms with van der Waals surface area (Å²) in [7, 11) is 0. The molecule has 2 atom stereocenters. The van der Waals surface area contributed by atoms with Gasteiger partial charge in [-0.05, 0) is 28.3 Å². The van der Waals surface area contributed by atoms with Gasteiger partial charge in [0, 0.05) is 24.2 Å². The Hall–Kier alpha value is -2.64. The van der Waals surface area contributed by atoms with Crippen molar-refractivity contribution in [3.63, 3.8) is 0 Å². The van der Waals surface area contributed by atoms with Gasteiger partial charge in [-0.3, -0.25) is 0 Å². The molecular formula is C23H20Cl2N2O4. The van der Waals surface area contributed by atoms with Crippen LogP contribution in [-0.2, 0) is 4.74 Å². The Morgan fingerprint density at radius 3 is 2.32 bits per heavy atom. The van der Waals surface area contributed by atoms with Crippen LogP contribution in [0.15, 0.2) is 60.8 Å². The van der Waals surface area contributed by atoms with Crippen molar-refractivity contribution in [2.75, 3.05) is 13.2 Å². The number of carbonyl (C=O) groups is 1. The first-order valence-electron chi connectivity index (χ1n) is 9.71. The number of hydrogen-bond acceptors (Lipinski definition) is 5. The number of rotatable bonds is 6. The zero-order valence-corrected chi connectivity index (χ0v) is 17.8. The molecule has 2 unspecified atom stereocenters. The van der Waals surface area contributed by atoms with E-state index in [4.69, 9.17) is 27.9 Å². The van der Waals surface area contributed by atoms with Crippen molar-refractivity contribution in [2.45, 2.75) is 18.1 Å². The maximum Gasteiger partial charge on any atom is 0.407 e. The number of benzene rings is 2. The van der Waals surface area contributed by atoms with Crippen LogP contribution in [0.4, 0.5) is 4.79 Å². The lowest BCUT2D eigenvalue weighted by molar-refractivity contribution is 0.0184. The highest BCUT2D eigenvalue weighted by molar-refractivity contribution is 6.32. The van der Waals surface area contributed by atoms with Gasteiger partial charge in [-0.15, -0.1) is 0 Å². The molecule has 4 rings (SSSR count). The summed E-state index contributed by atoms with van der Waals surface area (Å²) in [6.07, 6.45) is -2.05. The van der Waals surface area contributed by atoms with Crippen molar-refractivity contribution < 1.29 is 19.7 Å². The van der Waals surface area contributed by atoms with Gasteiger partial charge in [0.05, 0.1) is 5.02 Å². The third-order valence-electron chi connectivity index (χ3n) is 5.32. The van der Waals surface area contributed by atoms with Crippen LogP contribution in [0.2, 0.25) is 10.2 Å². The lowest BCUT2D eigenvalue weighted by Gasteiger charge is -2.20. The number of nitrogens with one attached hydrogen (secondary N) is 1. The number of aromatic nitrogens is 1. The second-order valence-electron chi connectivity index (χ2n) is 7.25. The number of amides is 1. The molecule has 0 radical (unpaired) electrons. The number of alkyl carbamates (subject to hydrolysis) is 1. The fourth-order valence-corrected chi connectivity index (χ4v) is 4.18. The molecule has 2 aromatic carbocycles. The molecule has 0 fully saturated rings. The highest BCUT2D eigenvalue weighted by Gasteiger charge is 2.29. The average molecular weight is 459 g/mol. The highest BCUT2D eigenvalue weighted by Crippen LogP contribution is 2.44. The SMILES string of the molecule is O=C(NCC(O)C(O)c1cc(Cl)cnc1Cl)OCC1c2ccccc2-c2ccccc21. The first-order valence-corrected chi connectivity index (χ1v) is 10.5. The molecule has 1 amide bonds. The van der Waals surface area contributed by atoms with E-state index >= 15 is 0 Å². The minimum atomic E-state index is -1.37. The van der Waals surface area contributed by atoms with Crippen molar-refractivity contribution in [1.82, 2.24) is 10.3 Å². The summed E-state index contributed by atoms with van der Waals surface area (Å²) < 4.78 is 5.42. The predicted octanol–water partition coefficient (Wildman–Crippen LogP) is 4.32. The van der Waals surface area contributed by atoms with Gasteiger partial charge in [0.2, 0.25) is 0 Å². The van der Waals surface area contributed by atoms with Gasteiger partial charge in [0.25, 0.3) is 0 Å². The molecule has 1 aliphatic carbocycles. The zero-order valence-electron chi connectivity index (χ0n) is 16.3. The number of aliphatic hydroxyl groups excluding tert-OH is 2. The maximum absolute atomic E-state index is 12.2. The number of fused-ring (bicyclic) bond motifs is 3. The first kappa shape index (κ1) is 21.6. The Morgan fingerprint density at radius 2 is 1.68 bits per heavy atom. The number of hydrogen-bond donors (Lipinski definition) is 3. The molecule has 0 saturated carbocycles. The van der Waals surface area contributed by atoms with Crippen molar-refractivity contribution in [3.8, 4) is 11.1 Å². The summed E-state index contributed by atoms with van der Waals surface area (Å²) in [5.41, 5.74) is 4.66. The number of halogens is 2. The van der Waals surface area contributed by atoms with Crippen molar-refractivity contribution >= 4 is 29.3 Å². The van der Waals surface area contributed by atoms with Crippen LogP contribution in [0.1, 0.15) is 28.7 Å². The maximum atomic E-state index is 12.2. The van der Waals surface area contributed by atoms with Crippen molar-refractivity contribution in [2.24, 2.45) is 0 Å². The fourth-order valence-electron chi connectivity index (χ4n) is 3.80. The van der Waals surface area contributed by atoms with Crippen LogP contribution >= 0.6 is 23.2 Å². The Labute approximate surface area is 189 Å². The minimum Gasteiger partial charge on any atom is -0.449 e. The monoisotopic (exact) mass is 458 g/mol. The molecule has 3 N–H and O–H groups in total. The van der Waals surface area contributed by atoms with Crippen molar-refractivity contribution in [1.29, 1.82) is 0 Å². The smallest absolute Gasteiger partial charge is 0.407 e. The van der Waals surface area contributed by atoms with Gasteiger partial charge in [-0.1, -0.05) is 71.7 Å². The van der Waals surface area contributed by atoms with Crippen LogP contribution in [-0.4, -0.2) is 40.5 Å². The van der Waals surface area contributed by atoms with Gasteiger partial charge in [0.1, 0.15) is 24.0 Å². The van der Waals surface area contributed by atoms with E-state index < -0.39 is 18.3 Å². The van der Waals surface area contributed by atoms with E-state index in [2.05, 4.69) is 22.4 Å². The number of pyridine rings is 1. The summed E-state index contributed by atoms with van der Waals surface area (Å²) in [5, 5.41) is 23.3. The number of nitrogens with zero attached hydrogens (tertiary/aromatic N) is 1. The Kier molecular flexibility index (Phi) is 6.43. The topological polar surface area (TPSA) is 91.7 Å². The summed E-state index contributed by atoms with van der Waals surface area (Å²) in [4.78, 5) is 16.1. The lowest BCUT2D eigenvalue weighted by atomic mass is 9.98. The molecule has 0 bridgehead atoms. The minimum absolute atomic E-state index is 0.0251.